The molecule has 2 N–H and O–H groups in total. The van der Waals surface area contributed by atoms with E-state index in [0.29, 0.717) is 15.2 Å². The normalized spacial score (nSPS) is 14.1. The van der Waals surface area contributed by atoms with Gasteiger partial charge in [-0.05, 0) is 18.2 Å². The number of amides is 1. The Morgan fingerprint density at radius 1 is 1.33 bits per heavy atom. The predicted molar refractivity (Wildman–Crippen MR) is 82.9 cm³/mol. The third-order valence-electron chi connectivity index (χ3n) is 2.93. The smallest absolute Gasteiger partial charge is 0.442 e. The summed E-state index contributed by atoms with van der Waals surface area (Å²) in [7, 11) is 0.782. The Kier molecular flexibility index (Phi) is 4.90. The van der Waals surface area contributed by atoms with E-state index in [2.05, 4.69) is 9.72 Å². The van der Waals surface area contributed by atoms with E-state index in [4.69, 9.17) is 11.6 Å². The van der Waals surface area contributed by atoms with Crippen LogP contribution in [0.1, 0.15) is 6.92 Å². The summed E-state index contributed by atoms with van der Waals surface area (Å²) in [6, 6.07) is 4.56. The number of thiazole rings is 1. The van der Waals surface area contributed by atoms with E-state index in [-0.39, 0.29) is 5.13 Å². The molecule has 0 saturated carbocycles. The molecule has 6 nitrogen and oxygen atoms in total. The number of halogens is 4. The molecule has 0 aliphatic heterocycles. The van der Waals surface area contributed by atoms with Gasteiger partial charge in [-0.2, -0.15) is 13.2 Å². The van der Waals surface area contributed by atoms with Crippen LogP contribution in [-0.2, 0) is 14.3 Å². The van der Waals surface area contributed by atoms with Gasteiger partial charge in [0, 0.05) is 11.9 Å². The molecule has 1 aromatic heterocycles. The lowest BCUT2D eigenvalue weighted by atomic mass is 10.1. The number of alkyl halides is 3. The molecule has 1 amide bonds. The Balaban J connectivity index is 2.53. The molecular weight excluding hydrogens is 371 g/mol. The number of benzene rings is 1. The summed E-state index contributed by atoms with van der Waals surface area (Å²) in [4.78, 5) is 27.0. The number of nitrogens with one attached hydrogen (secondary N) is 2. The SMILES string of the molecule is COC(=O)[C@@](NC(C)=O)(Nc1nc2ccc(Cl)cc2s1)C(F)(F)F. The number of aromatic nitrogens is 1. The number of anilines is 1. The minimum atomic E-state index is -5.18. The van der Waals surface area contributed by atoms with Gasteiger partial charge in [-0.15, -0.1) is 0 Å². The molecule has 0 saturated heterocycles. The summed E-state index contributed by atoms with van der Waals surface area (Å²) in [6.07, 6.45) is -5.18. The number of hydrogen-bond donors (Lipinski definition) is 2. The zero-order valence-electron chi connectivity index (χ0n) is 12.3. The van der Waals surface area contributed by atoms with Crippen molar-refractivity contribution in [3.8, 4) is 0 Å². The maximum atomic E-state index is 13.6. The third-order valence-corrected chi connectivity index (χ3v) is 4.09. The fourth-order valence-electron chi connectivity index (χ4n) is 1.92. The maximum absolute atomic E-state index is 13.6. The van der Waals surface area contributed by atoms with Crippen molar-refractivity contribution in [2.24, 2.45) is 0 Å². The summed E-state index contributed by atoms with van der Waals surface area (Å²) >= 11 is 6.67. The Labute approximate surface area is 142 Å². The molecule has 24 heavy (non-hydrogen) atoms. The number of carbonyl (C=O) groups is 2. The molecule has 2 rings (SSSR count). The van der Waals surface area contributed by atoms with Crippen molar-refractivity contribution in [1.29, 1.82) is 0 Å². The number of fused-ring (bicyclic) bond motifs is 1. The highest BCUT2D eigenvalue weighted by atomic mass is 35.5. The molecule has 0 radical (unpaired) electrons. The van der Waals surface area contributed by atoms with Gasteiger partial charge in [0.2, 0.25) is 5.91 Å². The van der Waals surface area contributed by atoms with Gasteiger partial charge in [0.25, 0.3) is 0 Å². The van der Waals surface area contributed by atoms with Gasteiger partial charge in [0.1, 0.15) is 0 Å². The van der Waals surface area contributed by atoms with E-state index in [1.54, 1.807) is 5.32 Å². The van der Waals surface area contributed by atoms with Gasteiger partial charge in [-0.25, -0.2) is 9.78 Å². The largest absolute Gasteiger partial charge is 0.466 e. The second-order valence-corrected chi connectivity index (χ2v) is 6.14. The van der Waals surface area contributed by atoms with Crippen molar-refractivity contribution in [3.05, 3.63) is 23.2 Å². The number of methoxy groups -OCH3 is 1. The van der Waals surface area contributed by atoms with E-state index in [9.17, 15) is 22.8 Å². The van der Waals surface area contributed by atoms with Crippen molar-refractivity contribution in [2.45, 2.75) is 18.8 Å². The number of rotatable bonds is 4. The van der Waals surface area contributed by atoms with Crippen LogP contribution < -0.4 is 10.6 Å². The third kappa shape index (κ3) is 3.39. The van der Waals surface area contributed by atoms with E-state index in [0.717, 1.165) is 25.4 Å². The summed E-state index contributed by atoms with van der Waals surface area (Å²) in [5.74, 6) is -2.79. The van der Waals surface area contributed by atoms with Crippen LogP contribution in [0.4, 0.5) is 18.3 Å². The van der Waals surface area contributed by atoms with E-state index < -0.39 is 23.7 Å². The van der Waals surface area contributed by atoms with Crippen molar-refractivity contribution >= 4 is 50.2 Å². The molecule has 1 aromatic carbocycles. The topological polar surface area (TPSA) is 80.3 Å². The van der Waals surface area contributed by atoms with Crippen LogP contribution in [0.25, 0.3) is 10.2 Å². The minimum Gasteiger partial charge on any atom is -0.466 e. The quantitative estimate of drug-likeness (QED) is 0.628. The molecule has 0 fully saturated rings. The highest BCUT2D eigenvalue weighted by Gasteiger charge is 2.63. The second kappa shape index (κ2) is 6.44. The first-order valence-electron chi connectivity index (χ1n) is 6.37. The fraction of sp³-hybridized carbons (Fsp3) is 0.308. The van der Waals surface area contributed by atoms with Crippen LogP contribution in [0.2, 0.25) is 5.02 Å². The Morgan fingerprint density at radius 3 is 2.54 bits per heavy atom. The number of carbonyl (C=O) groups excluding carboxylic acids is 2. The molecule has 1 heterocycles. The monoisotopic (exact) mass is 381 g/mol. The van der Waals surface area contributed by atoms with Crippen LogP contribution in [0.15, 0.2) is 18.2 Å². The summed E-state index contributed by atoms with van der Waals surface area (Å²) in [6.45, 7) is 0.850. The van der Waals surface area contributed by atoms with Crippen molar-refractivity contribution < 1.29 is 27.5 Å². The van der Waals surface area contributed by atoms with E-state index in [1.165, 1.54) is 18.2 Å². The molecule has 1 atom stereocenters. The summed E-state index contributed by atoms with van der Waals surface area (Å²) in [5.41, 5.74) is -3.07. The minimum absolute atomic E-state index is 0.233. The summed E-state index contributed by atoms with van der Waals surface area (Å²) < 4.78 is 45.4. The lowest BCUT2D eigenvalue weighted by Gasteiger charge is -2.33. The molecule has 0 bridgehead atoms. The number of nitrogens with zero attached hydrogens (tertiary/aromatic N) is 1. The van der Waals surface area contributed by atoms with Crippen molar-refractivity contribution in [3.63, 3.8) is 0 Å². The standard InChI is InChI=1S/C13H11ClF3N3O3S/c1-6(21)19-12(10(22)23-2,13(15,16)17)20-11-18-8-4-3-7(14)5-9(8)24-11/h3-5H,1-2H3,(H,18,20)(H,19,21)/t12-/m1/s1. The van der Waals surface area contributed by atoms with Gasteiger partial charge >= 0.3 is 17.8 Å². The second-order valence-electron chi connectivity index (χ2n) is 4.68. The van der Waals surface area contributed by atoms with Gasteiger partial charge in [0.05, 0.1) is 17.3 Å². The zero-order valence-corrected chi connectivity index (χ0v) is 13.9. The van der Waals surface area contributed by atoms with E-state index in [1.807, 2.05) is 5.32 Å². The lowest BCUT2D eigenvalue weighted by Crippen LogP contribution is -2.69. The highest BCUT2D eigenvalue weighted by molar-refractivity contribution is 7.22. The predicted octanol–water partition coefficient (Wildman–Crippen LogP) is 2.93. The molecule has 0 unspecified atom stereocenters. The first kappa shape index (κ1) is 18.3. The first-order valence-corrected chi connectivity index (χ1v) is 7.56. The van der Waals surface area contributed by atoms with E-state index >= 15 is 0 Å². The average molecular weight is 382 g/mol. The number of hydrogen-bond acceptors (Lipinski definition) is 6. The first-order chi connectivity index (χ1) is 11.1. The highest BCUT2D eigenvalue weighted by Crippen LogP contribution is 2.36. The number of esters is 1. The molecule has 0 aliphatic rings. The van der Waals surface area contributed by atoms with Crippen LogP contribution in [-0.4, -0.2) is 35.8 Å². The van der Waals surface area contributed by atoms with Gasteiger partial charge in [-0.3, -0.25) is 4.79 Å². The van der Waals surface area contributed by atoms with Crippen molar-refractivity contribution in [1.82, 2.24) is 10.3 Å². The number of ether oxygens (including phenoxy) is 1. The zero-order chi connectivity index (χ0) is 18.1. The van der Waals surface area contributed by atoms with Gasteiger partial charge in [0.15, 0.2) is 5.13 Å². The van der Waals surface area contributed by atoms with Crippen LogP contribution in [0, 0.1) is 0 Å². The fourth-order valence-corrected chi connectivity index (χ4v) is 3.12. The Hall–Kier alpha value is -2.07. The van der Waals surface area contributed by atoms with Crippen molar-refractivity contribution in [2.75, 3.05) is 12.4 Å². The maximum Gasteiger partial charge on any atom is 0.442 e. The molecule has 2 aromatic rings. The average Bonchev–Trinajstić information content (AvgIpc) is 2.85. The van der Waals surface area contributed by atoms with Gasteiger partial charge < -0.3 is 15.4 Å². The van der Waals surface area contributed by atoms with Gasteiger partial charge in [-0.1, -0.05) is 22.9 Å². The van der Waals surface area contributed by atoms with Crippen LogP contribution in [0.5, 0.6) is 0 Å². The summed E-state index contributed by atoms with van der Waals surface area (Å²) in [5, 5.41) is 3.69. The lowest BCUT2D eigenvalue weighted by molar-refractivity contribution is -0.206. The molecule has 0 spiro atoms. The molecular formula is C13H11ClF3N3O3S. The van der Waals surface area contributed by atoms with Crippen LogP contribution in [0.3, 0.4) is 0 Å². The Morgan fingerprint density at radius 2 is 2.00 bits per heavy atom. The van der Waals surface area contributed by atoms with Crippen LogP contribution >= 0.6 is 22.9 Å². The molecule has 130 valence electrons. The molecule has 0 aliphatic carbocycles. The Bertz CT molecular complexity index is 796. The molecule has 11 heteroatoms.